The number of nitrogens with zero attached hydrogens (tertiary/aromatic N) is 3. The molecule has 0 atom stereocenters. The molecule has 218 valence electrons. The summed E-state index contributed by atoms with van der Waals surface area (Å²) in [6, 6.07) is 27.4. The highest BCUT2D eigenvalue weighted by Gasteiger charge is 2.31. The van der Waals surface area contributed by atoms with E-state index in [1.807, 2.05) is 54.8 Å². The first-order chi connectivity index (χ1) is 21.0. The van der Waals surface area contributed by atoms with Crippen LogP contribution in [-0.2, 0) is 20.2 Å². The van der Waals surface area contributed by atoms with Gasteiger partial charge in [-0.1, -0.05) is 54.1 Å². The number of aromatic nitrogens is 2. The Kier molecular flexibility index (Phi) is 7.20. The lowest BCUT2D eigenvalue weighted by atomic mass is 9.84. The Balaban J connectivity index is 1.67. The predicted molar refractivity (Wildman–Crippen MR) is 173 cm³/mol. The molecule has 9 heteroatoms. The Hall–Kier alpha value is -5.04. The van der Waals surface area contributed by atoms with Gasteiger partial charge >= 0.3 is 5.97 Å². The SMILES string of the molecule is Cc1ccc(S(=O)(=O)n2c(-c3cccc(-c4cncc(C(C)(C)C(=O)O)c4)c3)c(-c3ccsc3C#N)c3ccccc32)cc1. The van der Waals surface area contributed by atoms with Crippen LogP contribution >= 0.6 is 11.3 Å². The van der Waals surface area contributed by atoms with E-state index in [-0.39, 0.29) is 4.90 Å². The zero-order valence-electron chi connectivity index (χ0n) is 24.1. The number of pyridine rings is 1. The van der Waals surface area contributed by atoms with Gasteiger partial charge < -0.3 is 5.11 Å². The third kappa shape index (κ3) is 4.78. The van der Waals surface area contributed by atoms with E-state index >= 15 is 0 Å². The maximum Gasteiger partial charge on any atom is 0.313 e. The van der Waals surface area contributed by atoms with E-state index in [1.165, 1.54) is 15.3 Å². The van der Waals surface area contributed by atoms with Crippen LogP contribution in [0.5, 0.6) is 0 Å². The Morgan fingerprint density at radius 3 is 2.39 bits per heavy atom. The fraction of sp³-hybridized carbons (Fsp3) is 0.114. The number of carboxylic acid groups (broad SMARTS) is 1. The van der Waals surface area contributed by atoms with Crippen LogP contribution in [0.25, 0.3) is 44.4 Å². The van der Waals surface area contributed by atoms with Crippen molar-refractivity contribution >= 4 is 38.2 Å². The summed E-state index contributed by atoms with van der Waals surface area (Å²) in [7, 11) is -4.10. The molecule has 0 amide bonds. The van der Waals surface area contributed by atoms with Crippen molar-refractivity contribution in [2.45, 2.75) is 31.1 Å². The Morgan fingerprint density at radius 1 is 0.932 bits per heavy atom. The molecule has 44 heavy (non-hydrogen) atoms. The van der Waals surface area contributed by atoms with E-state index in [2.05, 4.69) is 11.1 Å². The summed E-state index contributed by atoms with van der Waals surface area (Å²) in [5, 5.41) is 22.3. The van der Waals surface area contributed by atoms with Crippen LogP contribution in [0.3, 0.4) is 0 Å². The first-order valence-electron chi connectivity index (χ1n) is 13.8. The van der Waals surface area contributed by atoms with Gasteiger partial charge in [-0.3, -0.25) is 9.78 Å². The first-order valence-corrected chi connectivity index (χ1v) is 16.1. The zero-order chi connectivity index (χ0) is 31.2. The number of nitriles is 1. The molecular formula is C35H27N3O4S2. The lowest BCUT2D eigenvalue weighted by molar-refractivity contribution is -0.142. The van der Waals surface area contributed by atoms with E-state index in [0.29, 0.717) is 49.3 Å². The van der Waals surface area contributed by atoms with Crippen molar-refractivity contribution in [2.75, 3.05) is 0 Å². The zero-order valence-corrected chi connectivity index (χ0v) is 25.8. The minimum Gasteiger partial charge on any atom is -0.481 e. The van der Waals surface area contributed by atoms with Crippen LogP contribution in [0.4, 0.5) is 0 Å². The minimum absolute atomic E-state index is 0.145. The molecule has 0 spiro atoms. The fourth-order valence-corrected chi connectivity index (χ4v) is 7.55. The molecule has 0 aliphatic heterocycles. The average molecular weight is 618 g/mol. The summed E-state index contributed by atoms with van der Waals surface area (Å²) in [6.45, 7) is 5.15. The van der Waals surface area contributed by atoms with Gasteiger partial charge in [0.2, 0.25) is 0 Å². The lowest BCUT2D eigenvalue weighted by Gasteiger charge is -2.20. The third-order valence-electron chi connectivity index (χ3n) is 7.89. The van der Waals surface area contributed by atoms with E-state index < -0.39 is 21.4 Å². The van der Waals surface area contributed by atoms with E-state index in [0.717, 1.165) is 11.1 Å². The van der Waals surface area contributed by atoms with Crippen molar-refractivity contribution in [3.8, 4) is 39.6 Å². The maximum absolute atomic E-state index is 14.5. The molecule has 0 saturated heterocycles. The van der Waals surface area contributed by atoms with Gasteiger partial charge in [0.15, 0.2) is 0 Å². The van der Waals surface area contributed by atoms with Gasteiger partial charge in [0, 0.05) is 40.0 Å². The smallest absolute Gasteiger partial charge is 0.313 e. The molecule has 0 aliphatic carbocycles. The topological polar surface area (TPSA) is 113 Å². The molecule has 0 saturated carbocycles. The normalized spacial score (nSPS) is 11.9. The van der Waals surface area contributed by atoms with Gasteiger partial charge in [0.25, 0.3) is 10.0 Å². The van der Waals surface area contributed by atoms with Gasteiger partial charge in [-0.15, -0.1) is 11.3 Å². The van der Waals surface area contributed by atoms with Crippen LogP contribution in [0.1, 0.15) is 29.9 Å². The molecule has 0 bridgehead atoms. The second-order valence-electron chi connectivity index (χ2n) is 11.1. The van der Waals surface area contributed by atoms with Crippen molar-refractivity contribution in [1.29, 1.82) is 5.26 Å². The lowest BCUT2D eigenvalue weighted by Crippen LogP contribution is -2.28. The molecular weight excluding hydrogens is 591 g/mol. The molecule has 6 rings (SSSR count). The maximum atomic E-state index is 14.5. The van der Waals surface area contributed by atoms with E-state index in [1.54, 1.807) is 68.7 Å². The Labute approximate surface area is 259 Å². The van der Waals surface area contributed by atoms with Crippen LogP contribution in [0.15, 0.2) is 108 Å². The highest BCUT2D eigenvalue weighted by atomic mass is 32.2. The molecule has 3 aromatic carbocycles. The molecule has 6 aromatic rings. The number of rotatable bonds is 7. The number of fused-ring (bicyclic) bond motifs is 1. The van der Waals surface area contributed by atoms with Crippen molar-refractivity contribution in [3.05, 3.63) is 119 Å². The van der Waals surface area contributed by atoms with Gasteiger partial charge in [-0.05, 0) is 73.7 Å². The van der Waals surface area contributed by atoms with Crippen LogP contribution in [0.2, 0.25) is 0 Å². The third-order valence-corrected chi connectivity index (χ3v) is 10.4. The first kappa shape index (κ1) is 29.1. The number of para-hydroxylation sites is 1. The summed E-state index contributed by atoms with van der Waals surface area (Å²) in [5.41, 5.74) is 4.58. The summed E-state index contributed by atoms with van der Waals surface area (Å²) in [5.74, 6) is -0.968. The monoisotopic (exact) mass is 617 g/mol. The number of benzene rings is 3. The standard InChI is InChI=1S/C35H27N3O4S2/c1-22-11-13-27(14-12-22)44(41,42)38-30-10-5-4-9-28(30)32(29-15-16-43-31(29)19-36)33(38)24-8-6-7-23(17-24)25-18-26(21-37-20-25)35(2,3)34(39)40/h4-18,20-21H,1-3H3,(H,39,40). The molecule has 0 radical (unpaired) electrons. The molecule has 0 aliphatic rings. The molecule has 3 aromatic heterocycles. The van der Waals surface area contributed by atoms with Crippen LogP contribution in [-0.4, -0.2) is 28.5 Å². The van der Waals surface area contributed by atoms with Crippen LogP contribution in [0, 0.1) is 18.3 Å². The highest BCUT2D eigenvalue weighted by Crippen LogP contribution is 2.45. The number of aryl methyl sites for hydroxylation is 1. The molecule has 0 fully saturated rings. The van der Waals surface area contributed by atoms with Gasteiger partial charge in [-0.2, -0.15) is 5.26 Å². The number of thiophene rings is 1. The molecule has 0 unspecified atom stereocenters. The quantitative estimate of drug-likeness (QED) is 0.195. The average Bonchev–Trinajstić information content (AvgIpc) is 3.64. The van der Waals surface area contributed by atoms with Gasteiger partial charge in [-0.25, -0.2) is 12.4 Å². The van der Waals surface area contributed by atoms with Crippen molar-refractivity contribution in [3.63, 3.8) is 0 Å². The summed E-state index contributed by atoms with van der Waals surface area (Å²) in [4.78, 5) is 16.9. The number of hydrogen-bond acceptors (Lipinski definition) is 6. The Morgan fingerprint density at radius 2 is 1.66 bits per heavy atom. The number of aliphatic carboxylic acids is 1. The second kappa shape index (κ2) is 10.9. The second-order valence-corrected chi connectivity index (χ2v) is 13.8. The van der Waals surface area contributed by atoms with Crippen molar-refractivity contribution in [1.82, 2.24) is 8.96 Å². The fourth-order valence-electron chi connectivity index (χ4n) is 5.31. The predicted octanol–water partition coefficient (Wildman–Crippen LogP) is 7.88. The molecule has 7 nitrogen and oxygen atoms in total. The van der Waals surface area contributed by atoms with Gasteiger partial charge in [0.1, 0.15) is 10.9 Å². The largest absolute Gasteiger partial charge is 0.481 e. The number of hydrogen-bond donors (Lipinski definition) is 1. The van der Waals surface area contributed by atoms with Crippen molar-refractivity contribution in [2.24, 2.45) is 0 Å². The molecule has 1 N–H and O–H groups in total. The Bertz CT molecular complexity index is 2220. The number of carbonyl (C=O) groups is 1. The van der Waals surface area contributed by atoms with Gasteiger partial charge in [0.05, 0.1) is 21.5 Å². The highest BCUT2D eigenvalue weighted by molar-refractivity contribution is 7.90. The summed E-state index contributed by atoms with van der Waals surface area (Å²) in [6.07, 6.45) is 3.21. The summed E-state index contributed by atoms with van der Waals surface area (Å²) < 4.78 is 30.4. The van der Waals surface area contributed by atoms with Crippen LogP contribution < -0.4 is 0 Å². The van der Waals surface area contributed by atoms with E-state index in [4.69, 9.17) is 0 Å². The van der Waals surface area contributed by atoms with Crippen molar-refractivity contribution < 1.29 is 18.3 Å². The minimum atomic E-state index is -4.10. The number of carboxylic acids is 1. The summed E-state index contributed by atoms with van der Waals surface area (Å²) >= 11 is 1.30. The molecule has 3 heterocycles. The van der Waals surface area contributed by atoms with E-state index in [9.17, 15) is 23.6 Å².